The molecule has 120 valence electrons. The van der Waals surface area contributed by atoms with Gasteiger partial charge in [0.15, 0.2) is 6.10 Å². The Hall–Kier alpha value is -1.41. The van der Waals surface area contributed by atoms with E-state index in [1.807, 2.05) is 20.8 Å². The molecular weight excluding hydrogens is 287 g/mol. The summed E-state index contributed by atoms with van der Waals surface area (Å²) in [6, 6.07) is 0. The van der Waals surface area contributed by atoms with Gasteiger partial charge in [-0.15, -0.1) is 0 Å². The molecule has 21 heavy (non-hydrogen) atoms. The molecule has 0 radical (unpaired) electrons. The number of aliphatic hydroxyl groups is 1. The van der Waals surface area contributed by atoms with Crippen molar-refractivity contribution in [2.75, 3.05) is 18.5 Å². The fourth-order valence-corrected chi connectivity index (χ4v) is 1.41. The van der Waals surface area contributed by atoms with E-state index in [-0.39, 0.29) is 5.60 Å². The predicted octanol–water partition coefficient (Wildman–Crippen LogP) is 2.69. The van der Waals surface area contributed by atoms with Gasteiger partial charge in [-0.3, -0.25) is 4.98 Å². The number of hydrogen-bond donors (Lipinski definition) is 2. The van der Waals surface area contributed by atoms with Crippen molar-refractivity contribution in [2.45, 2.75) is 45.1 Å². The number of aromatic nitrogens is 2. The van der Waals surface area contributed by atoms with Gasteiger partial charge in [-0.2, -0.15) is 13.2 Å². The van der Waals surface area contributed by atoms with Gasteiger partial charge in [0.05, 0.1) is 23.7 Å². The molecule has 1 atom stereocenters. The number of rotatable bonds is 6. The number of anilines is 1. The smallest absolute Gasteiger partial charge is 0.378 e. The molecule has 1 unspecified atom stereocenters. The SMILES string of the molecule is CC(C)(C)OCCCNc1cnc(C(O)C(F)(F)F)cn1. The topological polar surface area (TPSA) is 67.3 Å². The maximum atomic E-state index is 12.3. The molecular formula is C13H20F3N3O2. The fraction of sp³-hybridized carbons (Fsp3) is 0.692. The monoisotopic (exact) mass is 307 g/mol. The van der Waals surface area contributed by atoms with Crippen LogP contribution in [0, 0.1) is 0 Å². The number of ether oxygens (including phenoxy) is 1. The van der Waals surface area contributed by atoms with Gasteiger partial charge in [-0.1, -0.05) is 0 Å². The van der Waals surface area contributed by atoms with Gasteiger partial charge in [0.2, 0.25) is 0 Å². The Balaban J connectivity index is 2.38. The van der Waals surface area contributed by atoms with E-state index in [4.69, 9.17) is 9.84 Å². The van der Waals surface area contributed by atoms with Crippen molar-refractivity contribution in [3.63, 3.8) is 0 Å². The Labute approximate surface area is 121 Å². The van der Waals surface area contributed by atoms with Crippen molar-refractivity contribution in [1.29, 1.82) is 0 Å². The first kappa shape index (κ1) is 17.6. The van der Waals surface area contributed by atoms with Gasteiger partial charge in [-0.25, -0.2) is 4.98 Å². The molecule has 0 bridgehead atoms. The molecule has 1 rings (SSSR count). The van der Waals surface area contributed by atoms with Crippen molar-refractivity contribution >= 4 is 5.82 Å². The molecule has 2 N–H and O–H groups in total. The van der Waals surface area contributed by atoms with Crippen molar-refractivity contribution in [3.8, 4) is 0 Å². The van der Waals surface area contributed by atoms with Crippen molar-refractivity contribution in [2.24, 2.45) is 0 Å². The van der Waals surface area contributed by atoms with E-state index in [1.54, 1.807) is 0 Å². The highest BCUT2D eigenvalue weighted by atomic mass is 19.4. The fourth-order valence-electron chi connectivity index (χ4n) is 1.41. The summed E-state index contributed by atoms with van der Waals surface area (Å²) >= 11 is 0. The Kier molecular flexibility index (Phi) is 5.91. The van der Waals surface area contributed by atoms with Crippen LogP contribution in [0.3, 0.4) is 0 Å². The zero-order valence-corrected chi connectivity index (χ0v) is 12.2. The average Bonchev–Trinajstić information content (AvgIpc) is 2.36. The van der Waals surface area contributed by atoms with Gasteiger partial charge >= 0.3 is 6.18 Å². The van der Waals surface area contributed by atoms with E-state index in [0.717, 1.165) is 18.8 Å². The van der Waals surface area contributed by atoms with Crippen LogP contribution in [0.4, 0.5) is 19.0 Å². The summed E-state index contributed by atoms with van der Waals surface area (Å²) in [7, 11) is 0. The predicted molar refractivity (Wildman–Crippen MR) is 71.9 cm³/mol. The van der Waals surface area contributed by atoms with Crippen LogP contribution in [-0.2, 0) is 4.74 Å². The Morgan fingerprint density at radius 1 is 1.24 bits per heavy atom. The second-order valence-corrected chi connectivity index (χ2v) is 5.51. The molecule has 0 aromatic carbocycles. The largest absolute Gasteiger partial charge is 0.420 e. The lowest BCUT2D eigenvalue weighted by atomic mass is 10.2. The van der Waals surface area contributed by atoms with E-state index >= 15 is 0 Å². The normalized spacial score (nSPS) is 14.0. The maximum absolute atomic E-state index is 12.3. The standard InChI is InChI=1S/C13H20F3N3O2/c1-12(2,3)21-6-4-5-17-10-8-18-9(7-19-10)11(20)13(14,15)16/h7-8,11,20H,4-6H2,1-3H3,(H,17,19). The molecule has 1 aromatic rings. The average molecular weight is 307 g/mol. The molecule has 5 nitrogen and oxygen atoms in total. The van der Waals surface area contributed by atoms with Gasteiger partial charge in [0.25, 0.3) is 0 Å². The molecule has 1 heterocycles. The highest BCUT2D eigenvalue weighted by molar-refractivity contribution is 5.31. The summed E-state index contributed by atoms with van der Waals surface area (Å²) < 4.78 is 42.3. The van der Waals surface area contributed by atoms with Crippen LogP contribution in [-0.4, -0.2) is 40.0 Å². The minimum absolute atomic E-state index is 0.199. The van der Waals surface area contributed by atoms with Crippen LogP contribution in [0.5, 0.6) is 0 Å². The molecule has 0 spiro atoms. The van der Waals surface area contributed by atoms with Crippen molar-refractivity contribution in [1.82, 2.24) is 9.97 Å². The van der Waals surface area contributed by atoms with E-state index < -0.39 is 18.0 Å². The number of nitrogens with zero attached hydrogens (tertiary/aromatic N) is 2. The van der Waals surface area contributed by atoms with Gasteiger partial charge < -0.3 is 15.2 Å². The van der Waals surface area contributed by atoms with Crippen LogP contribution in [0.15, 0.2) is 12.4 Å². The van der Waals surface area contributed by atoms with Crippen molar-refractivity contribution < 1.29 is 23.0 Å². The number of nitrogens with one attached hydrogen (secondary N) is 1. The summed E-state index contributed by atoms with van der Waals surface area (Å²) in [5.74, 6) is 0.351. The number of alkyl halides is 3. The van der Waals surface area contributed by atoms with E-state index in [0.29, 0.717) is 19.0 Å². The first-order valence-electron chi connectivity index (χ1n) is 6.54. The Bertz CT molecular complexity index is 430. The zero-order valence-electron chi connectivity index (χ0n) is 12.2. The van der Waals surface area contributed by atoms with Crippen LogP contribution in [0.2, 0.25) is 0 Å². The third kappa shape index (κ3) is 6.72. The number of halogens is 3. The molecule has 0 aliphatic rings. The Morgan fingerprint density at radius 3 is 2.38 bits per heavy atom. The minimum atomic E-state index is -4.74. The summed E-state index contributed by atoms with van der Waals surface area (Å²) in [6.45, 7) is 6.99. The first-order chi connectivity index (χ1) is 9.59. The molecule has 0 amide bonds. The molecule has 0 saturated heterocycles. The van der Waals surface area contributed by atoms with Crippen LogP contribution in [0.25, 0.3) is 0 Å². The second kappa shape index (κ2) is 7.04. The summed E-state index contributed by atoms with van der Waals surface area (Å²) in [5, 5.41) is 11.9. The first-order valence-corrected chi connectivity index (χ1v) is 6.54. The summed E-state index contributed by atoms with van der Waals surface area (Å²) in [4.78, 5) is 7.34. The number of hydrogen-bond acceptors (Lipinski definition) is 5. The molecule has 0 aliphatic heterocycles. The van der Waals surface area contributed by atoms with Gasteiger partial charge in [0, 0.05) is 13.2 Å². The molecule has 0 aliphatic carbocycles. The van der Waals surface area contributed by atoms with E-state index in [9.17, 15) is 13.2 Å². The molecule has 8 heteroatoms. The summed E-state index contributed by atoms with van der Waals surface area (Å²) in [6.07, 6.45) is -4.56. The van der Waals surface area contributed by atoms with Gasteiger partial charge in [-0.05, 0) is 27.2 Å². The quantitative estimate of drug-likeness (QED) is 0.791. The lowest BCUT2D eigenvalue weighted by molar-refractivity contribution is -0.208. The number of aliphatic hydroxyl groups excluding tert-OH is 1. The third-order valence-electron chi connectivity index (χ3n) is 2.42. The van der Waals surface area contributed by atoms with E-state index in [1.165, 1.54) is 0 Å². The lowest BCUT2D eigenvalue weighted by Crippen LogP contribution is -2.22. The highest BCUT2D eigenvalue weighted by Crippen LogP contribution is 2.30. The van der Waals surface area contributed by atoms with Crippen molar-refractivity contribution in [3.05, 3.63) is 18.1 Å². The highest BCUT2D eigenvalue weighted by Gasteiger charge is 2.40. The minimum Gasteiger partial charge on any atom is -0.378 e. The lowest BCUT2D eigenvalue weighted by Gasteiger charge is -2.19. The van der Waals surface area contributed by atoms with E-state index in [2.05, 4.69) is 15.3 Å². The molecule has 0 saturated carbocycles. The summed E-state index contributed by atoms with van der Waals surface area (Å²) in [5.41, 5.74) is -0.723. The van der Waals surface area contributed by atoms with Gasteiger partial charge in [0.1, 0.15) is 5.82 Å². The van der Waals surface area contributed by atoms with Crippen LogP contribution in [0.1, 0.15) is 39.0 Å². The van der Waals surface area contributed by atoms with Crippen LogP contribution >= 0.6 is 0 Å². The molecule has 1 aromatic heterocycles. The third-order valence-corrected chi connectivity index (χ3v) is 2.42. The molecule has 0 fully saturated rings. The second-order valence-electron chi connectivity index (χ2n) is 5.51. The van der Waals surface area contributed by atoms with Crippen LogP contribution < -0.4 is 5.32 Å². The Morgan fingerprint density at radius 2 is 1.90 bits per heavy atom. The zero-order chi connectivity index (χ0) is 16.1. The maximum Gasteiger partial charge on any atom is 0.420 e.